The summed E-state index contributed by atoms with van der Waals surface area (Å²) < 4.78 is 5.99. The van der Waals surface area contributed by atoms with Crippen molar-refractivity contribution in [3.05, 3.63) is 35.4 Å². The predicted octanol–water partition coefficient (Wildman–Crippen LogP) is 1.45. The Kier molecular flexibility index (Phi) is 1.85. The van der Waals surface area contributed by atoms with Crippen molar-refractivity contribution in [2.45, 2.75) is 18.4 Å². The zero-order chi connectivity index (χ0) is 9.43. The van der Waals surface area contributed by atoms with Gasteiger partial charge < -0.3 is 10.1 Å². The Morgan fingerprint density at radius 1 is 1.29 bits per heavy atom. The van der Waals surface area contributed by atoms with Crippen LogP contribution in [0.4, 0.5) is 0 Å². The van der Waals surface area contributed by atoms with Gasteiger partial charge in [-0.15, -0.1) is 0 Å². The van der Waals surface area contributed by atoms with Crippen LogP contribution in [0.25, 0.3) is 0 Å². The molecule has 1 aromatic carbocycles. The molecule has 1 N–H and O–H groups in total. The number of morpholine rings is 1. The molecule has 0 bridgehead atoms. The molecule has 1 aliphatic carbocycles. The summed E-state index contributed by atoms with van der Waals surface area (Å²) in [4.78, 5) is 0. The molecule has 3 rings (SSSR count). The van der Waals surface area contributed by atoms with E-state index in [0.29, 0.717) is 0 Å². The van der Waals surface area contributed by atoms with Crippen molar-refractivity contribution in [3.8, 4) is 0 Å². The minimum Gasteiger partial charge on any atom is -0.368 e. The molecule has 1 spiro atoms. The molecule has 14 heavy (non-hydrogen) atoms. The smallest absolute Gasteiger partial charge is 0.106 e. The highest BCUT2D eigenvalue weighted by Gasteiger charge is 2.40. The highest BCUT2D eigenvalue weighted by atomic mass is 16.5. The molecule has 2 nitrogen and oxygen atoms in total. The third-order valence-electron chi connectivity index (χ3n) is 3.37. The first kappa shape index (κ1) is 8.45. The lowest BCUT2D eigenvalue weighted by Crippen LogP contribution is -2.46. The number of benzene rings is 1. The standard InChI is InChI=1S/C12H15NO/c1-2-4-11-10(3-1)5-6-12(11)9-13-7-8-14-12/h1-4,13H,5-9H2. The molecular formula is C12H15NO. The molecule has 2 aliphatic rings. The highest BCUT2D eigenvalue weighted by Crippen LogP contribution is 2.40. The van der Waals surface area contributed by atoms with Gasteiger partial charge in [-0.2, -0.15) is 0 Å². The fourth-order valence-electron chi connectivity index (χ4n) is 2.65. The zero-order valence-corrected chi connectivity index (χ0v) is 8.25. The van der Waals surface area contributed by atoms with E-state index in [9.17, 15) is 0 Å². The summed E-state index contributed by atoms with van der Waals surface area (Å²) in [6.07, 6.45) is 2.30. The maximum absolute atomic E-state index is 5.99. The molecule has 1 aliphatic heterocycles. The van der Waals surface area contributed by atoms with Crippen molar-refractivity contribution in [1.82, 2.24) is 5.32 Å². The monoisotopic (exact) mass is 189 g/mol. The van der Waals surface area contributed by atoms with E-state index in [2.05, 4.69) is 29.6 Å². The zero-order valence-electron chi connectivity index (χ0n) is 8.25. The van der Waals surface area contributed by atoms with Crippen molar-refractivity contribution in [2.75, 3.05) is 19.7 Å². The molecule has 2 heteroatoms. The second-order valence-electron chi connectivity index (χ2n) is 4.18. The van der Waals surface area contributed by atoms with Gasteiger partial charge in [0.2, 0.25) is 0 Å². The third kappa shape index (κ3) is 1.11. The van der Waals surface area contributed by atoms with Gasteiger partial charge in [0.15, 0.2) is 0 Å². The van der Waals surface area contributed by atoms with E-state index in [4.69, 9.17) is 4.74 Å². The molecule has 0 aromatic heterocycles. The molecule has 0 saturated carbocycles. The number of rotatable bonds is 0. The van der Waals surface area contributed by atoms with Gasteiger partial charge >= 0.3 is 0 Å². The van der Waals surface area contributed by atoms with E-state index in [-0.39, 0.29) is 5.60 Å². The molecule has 1 atom stereocenters. The van der Waals surface area contributed by atoms with Crippen LogP contribution in [-0.2, 0) is 16.8 Å². The fraction of sp³-hybridized carbons (Fsp3) is 0.500. The Morgan fingerprint density at radius 2 is 2.21 bits per heavy atom. The lowest BCUT2D eigenvalue weighted by molar-refractivity contribution is -0.0695. The Balaban J connectivity index is 2.03. The summed E-state index contributed by atoms with van der Waals surface area (Å²) >= 11 is 0. The van der Waals surface area contributed by atoms with Crippen LogP contribution in [0, 0.1) is 0 Å². The summed E-state index contributed by atoms with van der Waals surface area (Å²) in [6, 6.07) is 8.68. The molecule has 74 valence electrons. The van der Waals surface area contributed by atoms with Crippen LogP contribution in [0.3, 0.4) is 0 Å². The van der Waals surface area contributed by atoms with E-state index >= 15 is 0 Å². The summed E-state index contributed by atoms with van der Waals surface area (Å²) in [5.41, 5.74) is 2.87. The molecule has 1 heterocycles. The Morgan fingerprint density at radius 3 is 3.07 bits per heavy atom. The average Bonchev–Trinajstić information content (AvgIpc) is 2.60. The normalized spacial score (nSPS) is 30.6. The third-order valence-corrected chi connectivity index (χ3v) is 3.37. The topological polar surface area (TPSA) is 21.3 Å². The fourth-order valence-corrected chi connectivity index (χ4v) is 2.65. The molecule has 0 amide bonds. The van der Waals surface area contributed by atoms with Gasteiger partial charge in [0.25, 0.3) is 0 Å². The van der Waals surface area contributed by atoms with Gasteiger partial charge in [-0.05, 0) is 24.0 Å². The van der Waals surface area contributed by atoms with Gasteiger partial charge in [0.05, 0.1) is 6.61 Å². The highest BCUT2D eigenvalue weighted by molar-refractivity contribution is 5.38. The van der Waals surface area contributed by atoms with Crippen LogP contribution >= 0.6 is 0 Å². The summed E-state index contributed by atoms with van der Waals surface area (Å²) in [7, 11) is 0. The second kappa shape index (κ2) is 3.07. The van der Waals surface area contributed by atoms with Gasteiger partial charge in [-0.1, -0.05) is 24.3 Å². The lowest BCUT2D eigenvalue weighted by Gasteiger charge is -2.35. The molecule has 1 unspecified atom stereocenters. The van der Waals surface area contributed by atoms with Gasteiger partial charge in [0, 0.05) is 13.1 Å². The van der Waals surface area contributed by atoms with Crippen molar-refractivity contribution >= 4 is 0 Å². The number of ether oxygens (including phenoxy) is 1. The van der Waals surface area contributed by atoms with Crippen molar-refractivity contribution in [1.29, 1.82) is 0 Å². The van der Waals surface area contributed by atoms with E-state index in [1.54, 1.807) is 0 Å². The van der Waals surface area contributed by atoms with Crippen LogP contribution in [0.2, 0.25) is 0 Å². The Bertz CT molecular complexity index is 336. The van der Waals surface area contributed by atoms with Crippen LogP contribution in [0.1, 0.15) is 17.5 Å². The van der Waals surface area contributed by atoms with Crippen molar-refractivity contribution in [2.24, 2.45) is 0 Å². The number of aryl methyl sites for hydroxylation is 1. The van der Waals surface area contributed by atoms with Crippen LogP contribution < -0.4 is 5.32 Å². The molecule has 1 fully saturated rings. The van der Waals surface area contributed by atoms with E-state index in [0.717, 1.165) is 32.5 Å². The predicted molar refractivity (Wildman–Crippen MR) is 55.3 cm³/mol. The molecular weight excluding hydrogens is 174 g/mol. The first-order valence-electron chi connectivity index (χ1n) is 5.34. The maximum Gasteiger partial charge on any atom is 0.106 e. The van der Waals surface area contributed by atoms with Crippen molar-refractivity contribution < 1.29 is 4.74 Å². The summed E-state index contributed by atoms with van der Waals surface area (Å²) in [6.45, 7) is 2.81. The number of hydrogen-bond donors (Lipinski definition) is 1. The number of fused-ring (bicyclic) bond motifs is 2. The molecule has 0 radical (unpaired) electrons. The number of hydrogen-bond acceptors (Lipinski definition) is 2. The molecule has 1 aromatic rings. The average molecular weight is 189 g/mol. The van der Waals surface area contributed by atoms with Gasteiger partial charge in [-0.25, -0.2) is 0 Å². The largest absolute Gasteiger partial charge is 0.368 e. The minimum atomic E-state index is -0.00512. The Labute approximate surface area is 84.3 Å². The Hall–Kier alpha value is -0.860. The van der Waals surface area contributed by atoms with E-state index in [1.165, 1.54) is 11.1 Å². The summed E-state index contributed by atoms with van der Waals surface area (Å²) in [5, 5.41) is 3.43. The summed E-state index contributed by atoms with van der Waals surface area (Å²) in [5.74, 6) is 0. The quantitative estimate of drug-likeness (QED) is 0.667. The SMILES string of the molecule is c1ccc2c(c1)CCC21CNCCO1. The minimum absolute atomic E-state index is 0.00512. The lowest BCUT2D eigenvalue weighted by atomic mass is 9.94. The maximum atomic E-state index is 5.99. The first-order valence-corrected chi connectivity index (χ1v) is 5.34. The van der Waals surface area contributed by atoms with Gasteiger partial charge in [0.1, 0.15) is 5.60 Å². The van der Waals surface area contributed by atoms with E-state index < -0.39 is 0 Å². The molecule has 1 saturated heterocycles. The second-order valence-corrected chi connectivity index (χ2v) is 4.18. The first-order chi connectivity index (χ1) is 6.91. The van der Waals surface area contributed by atoms with Gasteiger partial charge in [-0.3, -0.25) is 0 Å². The van der Waals surface area contributed by atoms with E-state index in [1.807, 2.05) is 0 Å². The van der Waals surface area contributed by atoms with Crippen molar-refractivity contribution in [3.63, 3.8) is 0 Å². The van der Waals surface area contributed by atoms with Crippen LogP contribution in [-0.4, -0.2) is 19.7 Å². The van der Waals surface area contributed by atoms with Crippen LogP contribution in [0.5, 0.6) is 0 Å². The van der Waals surface area contributed by atoms with Crippen LogP contribution in [0.15, 0.2) is 24.3 Å². The number of nitrogens with one attached hydrogen (secondary N) is 1.